The highest BCUT2D eigenvalue weighted by atomic mass is 15.1. The van der Waals surface area contributed by atoms with Crippen molar-refractivity contribution in [3.05, 3.63) is 0 Å². The Bertz CT molecular complexity index is 167. The van der Waals surface area contributed by atoms with Crippen LogP contribution in [0.1, 0.15) is 40.0 Å². The van der Waals surface area contributed by atoms with E-state index in [2.05, 4.69) is 20.8 Å². The van der Waals surface area contributed by atoms with E-state index in [-0.39, 0.29) is 0 Å². The molecule has 0 aliphatic rings. The topological polar surface area (TPSA) is 52.0 Å². The SMILES string of the molecule is CCC[NH+](CCC)CCC.N#C[BH2-]C#N. The van der Waals surface area contributed by atoms with Gasteiger partial charge in [-0.2, -0.15) is 0 Å². The van der Waals surface area contributed by atoms with Crippen LogP contribution in [-0.4, -0.2) is 26.9 Å². The highest BCUT2D eigenvalue weighted by Crippen LogP contribution is 1.71. The van der Waals surface area contributed by atoms with Crippen LogP contribution in [0.5, 0.6) is 0 Å². The summed E-state index contributed by atoms with van der Waals surface area (Å²) in [5, 5.41) is 15.3. The molecule has 0 aromatic heterocycles. The lowest BCUT2D eigenvalue weighted by Gasteiger charge is -2.16. The van der Waals surface area contributed by atoms with Gasteiger partial charge in [0.15, 0.2) is 7.28 Å². The van der Waals surface area contributed by atoms with Gasteiger partial charge in [0.2, 0.25) is 0 Å². The number of quaternary nitrogens is 1. The standard InChI is InChI=1S/C9H21N.C2H2BN2/c1-4-7-10(8-5-2)9-6-3;4-1-3-2-5/h4-9H2,1-3H3;3H2/q;-1/p+1. The molecule has 0 amide bonds. The van der Waals surface area contributed by atoms with Crippen molar-refractivity contribution >= 4 is 7.28 Å². The van der Waals surface area contributed by atoms with E-state index in [1.165, 1.54) is 38.9 Å². The Balaban J connectivity index is 0. The third-order valence-corrected chi connectivity index (χ3v) is 2.03. The molecule has 0 aromatic rings. The predicted molar refractivity (Wildman–Crippen MR) is 66.2 cm³/mol. The molecule has 0 aromatic carbocycles. The molecule has 15 heavy (non-hydrogen) atoms. The van der Waals surface area contributed by atoms with Gasteiger partial charge in [-0.15, -0.1) is 11.9 Å². The van der Waals surface area contributed by atoms with Crippen molar-refractivity contribution in [2.45, 2.75) is 40.0 Å². The Morgan fingerprint density at radius 3 is 1.33 bits per heavy atom. The molecule has 0 atom stereocenters. The molecule has 0 unspecified atom stereocenters. The van der Waals surface area contributed by atoms with Crippen molar-refractivity contribution in [1.82, 2.24) is 0 Å². The van der Waals surface area contributed by atoms with E-state index in [1.807, 2.05) is 0 Å². The molecule has 4 heteroatoms. The Morgan fingerprint density at radius 1 is 0.867 bits per heavy atom. The second-order valence-corrected chi connectivity index (χ2v) is 3.70. The highest BCUT2D eigenvalue weighted by Gasteiger charge is 2.01. The number of hydrogen-bond acceptors (Lipinski definition) is 2. The van der Waals surface area contributed by atoms with Crippen LogP contribution in [-0.2, 0) is 0 Å². The monoisotopic (exact) mass is 209 g/mol. The van der Waals surface area contributed by atoms with Crippen LogP contribution >= 0.6 is 0 Å². The number of rotatable bonds is 6. The number of nitriles is 2. The van der Waals surface area contributed by atoms with Gasteiger partial charge in [-0.1, -0.05) is 20.8 Å². The van der Waals surface area contributed by atoms with Crippen LogP contribution in [0.25, 0.3) is 0 Å². The Labute approximate surface area is 94.9 Å². The maximum atomic E-state index is 7.65. The molecule has 86 valence electrons. The molecule has 0 heterocycles. The first-order valence-corrected chi connectivity index (χ1v) is 6.13. The fourth-order valence-electron chi connectivity index (χ4n) is 1.49. The van der Waals surface area contributed by atoms with Crippen molar-refractivity contribution in [2.75, 3.05) is 19.6 Å². The lowest BCUT2D eigenvalue weighted by molar-refractivity contribution is -0.900. The van der Waals surface area contributed by atoms with Crippen molar-refractivity contribution in [3.8, 4) is 11.9 Å². The van der Waals surface area contributed by atoms with Crippen molar-refractivity contribution in [2.24, 2.45) is 0 Å². The maximum Gasteiger partial charge on any atom is 0.179 e. The second-order valence-electron chi connectivity index (χ2n) is 3.70. The van der Waals surface area contributed by atoms with Crippen LogP contribution in [0.2, 0.25) is 0 Å². The van der Waals surface area contributed by atoms with Crippen LogP contribution in [0, 0.1) is 22.5 Å². The van der Waals surface area contributed by atoms with Crippen LogP contribution < -0.4 is 4.90 Å². The second kappa shape index (κ2) is 15.5. The largest absolute Gasteiger partial charge is 0.335 e. The Morgan fingerprint density at radius 2 is 1.20 bits per heavy atom. The molecule has 0 bridgehead atoms. The van der Waals surface area contributed by atoms with Crippen LogP contribution in [0.4, 0.5) is 0 Å². The van der Waals surface area contributed by atoms with Gasteiger partial charge in [0, 0.05) is 0 Å². The summed E-state index contributed by atoms with van der Waals surface area (Å²) in [7, 11) is -0.861. The van der Waals surface area contributed by atoms with Gasteiger partial charge >= 0.3 is 0 Å². The molecule has 0 aliphatic heterocycles. The average molecular weight is 209 g/mol. The molecular formula is C11H24BN3. The summed E-state index contributed by atoms with van der Waals surface area (Å²) in [4.78, 5) is 1.78. The van der Waals surface area contributed by atoms with Gasteiger partial charge in [-0.3, -0.25) is 0 Å². The molecule has 0 radical (unpaired) electrons. The van der Waals surface area contributed by atoms with E-state index < -0.39 is 7.28 Å². The summed E-state index contributed by atoms with van der Waals surface area (Å²) in [5.41, 5.74) is 0. The van der Waals surface area contributed by atoms with Gasteiger partial charge in [0.05, 0.1) is 19.6 Å². The molecule has 1 N–H and O–H groups in total. The minimum absolute atomic E-state index is 0.861. The van der Waals surface area contributed by atoms with Gasteiger partial charge in [0.25, 0.3) is 0 Å². The fraction of sp³-hybridized carbons (Fsp3) is 0.818. The lowest BCUT2D eigenvalue weighted by atomic mass is 9.85. The first-order chi connectivity index (χ1) is 7.26. The van der Waals surface area contributed by atoms with E-state index >= 15 is 0 Å². The fourth-order valence-corrected chi connectivity index (χ4v) is 1.49. The zero-order valence-corrected chi connectivity index (χ0v) is 10.6. The summed E-state index contributed by atoms with van der Waals surface area (Å²) in [5.74, 6) is 3.56. The minimum atomic E-state index is -0.861. The van der Waals surface area contributed by atoms with Gasteiger partial charge < -0.3 is 4.90 Å². The summed E-state index contributed by atoms with van der Waals surface area (Å²) >= 11 is 0. The first kappa shape index (κ1) is 16.4. The molecule has 0 saturated carbocycles. The average Bonchev–Trinajstić information content (AvgIpc) is 2.21. The van der Waals surface area contributed by atoms with Crippen LogP contribution in [0.3, 0.4) is 0 Å². The van der Waals surface area contributed by atoms with E-state index in [1.54, 1.807) is 16.8 Å². The minimum Gasteiger partial charge on any atom is -0.335 e. The van der Waals surface area contributed by atoms with Gasteiger partial charge in [-0.25, -0.2) is 10.5 Å². The molecule has 0 saturated heterocycles. The van der Waals surface area contributed by atoms with Gasteiger partial charge in [-0.05, 0) is 19.3 Å². The maximum absolute atomic E-state index is 7.65. The summed E-state index contributed by atoms with van der Waals surface area (Å²) in [6, 6.07) is 0. The molecule has 0 spiro atoms. The van der Waals surface area contributed by atoms with Crippen LogP contribution in [0.15, 0.2) is 0 Å². The van der Waals surface area contributed by atoms with Crippen molar-refractivity contribution in [3.63, 3.8) is 0 Å². The predicted octanol–water partition coefficient (Wildman–Crippen LogP) is 0.219. The van der Waals surface area contributed by atoms with Crippen molar-refractivity contribution < 1.29 is 4.90 Å². The summed E-state index contributed by atoms with van der Waals surface area (Å²) in [6.07, 6.45) is 3.99. The third kappa shape index (κ3) is 15.7. The molecule has 3 nitrogen and oxygen atoms in total. The molecule has 0 fully saturated rings. The quantitative estimate of drug-likeness (QED) is 0.636. The summed E-state index contributed by atoms with van der Waals surface area (Å²) in [6.45, 7) is 10.9. The first-order valence-electron chi connectivity index (χ1n) is 6.13. The molecular weight excluding hydrogens is 185 g/mol. The smallest absolute Gasteiger partial charge is 0.179 e. The lowest BCUT2D eigenvalue weighted by Crippen LogP contribution is -3.11. The van der Waals surface area contributed by atoms with Crippen molar-refractivity contribution in [1.29, 1.82) is 10.5 Å². The van der Waals surface area contributed by atoms with E-state index in [0.717, 1.165) is 0 Å². The Kier molecular flexibility index (Phi) is 17.0. The number of nitrogens with zero attached hydrogens (tertiary/aromatic N) is 2. The van der Waals surface area contributed by atoms with Gasteiger partial charge in [0.1, 0.15) is 0 Å². The molecule has 0 aliphatic carbocycles. The van der Waals surface area contributed by atoms with E-state index in [0.29, 0.717) is 0 Å². The summed E-state index contributed by atoms with van der Waals surface area (Å²) < 4.78 is 0. The normalized spacial score (nSPS) is 8.67. The highest BCUT2D eigenvalue weighted by molar-refractivity contribution is 6.53. The zero-order chi connectivity index (χ0) is 11.9. The Hall–Kier alpha value is -0.995. The third-order valence-electron chi connectivity index (χ3n) is 2.03. The molecule has 0 rings (SSSR count). The zero-order valence-electron chi connectivity index (χ0n) is 10.6. The number of hydrogen-bond donors (Lipinski definition) is 1. The van der Waals surface area contributed by atoms with E-state index in [9.17, 15) is 0 Å². The van der Waals surface area contributed by atoms with E-state index in [4.69, 9.17) is 10.5 Å². The number of nitrogens with one attached hydrogen (secondary N) is 1.